The first-order chi connectivity index (χ1) is 14.3. The van der Waals surface area contributed by atoms with E-state index in [4.69, 9.17) is 0 Å². The summed E-state index contributed by atoms with van der Waals surface area (Å²) in [5.74, 6) is 2.62. The summed E-state index contributed by atoms with van der Waals surface area (Å²) < 4.78 is 4.40. The third-order valence-electron chi connectivity index (χ3n) is 4.90. The smallest absolute Gasteiger partial charge is 0.205 e. The molecule has 152 valence electrons. The Labute approximate surface area is 174 Å². The molecule has 0 unspecified atom stereocenters. The van der Waals surface area contributed by atoms with E-state index in [2.05, 4.69) is 63.7 Å². The van der Waals surface area contributed by atoms with E-state index in [-0.39, 0.29) is 0 Å². The highest BCUT2D eigenvalue weighted by Crippen LogP contribution is 2.19. The number of benzene rings is 1. The summed E-state index contributed by atoms with van der Waals surface area (Å²) in [7, 11) is 1.83. The zero-order valence-electron chi connectivity index (χ0n) is 16.7. The second-order valence-electron chi connectivity index (χ2n) is 6.76. The minimum absolute atomic E-state index is 0.700. The van der Waals surface area contributed by atoms with Gasteiger partial charge in [0.05, 0.1) is 0 Å². The van der Waals surface area contributed by atoms with Gasteiger partial charge in [0.25, 0.3) is 0 Å². The third kappa shape index (κ3) is 4.53. The molecule has 3 aromatic rings. The van der Waals surface area contributed by atoms with E-state index in [9.17, 15) is 0 Å². The minimum Gasteiger partial charge on any atom is -0.352 e. The molecule has 10 heteroatoms. The van der Waals surface area contributed by atoms with Crippen molar-refractivity contribution in [1.29, 1.82) is 0 Å². The average Bonchev–Trinajstić information content (AvgIpc) is 3.47. The van der Waals surface area contributed by atoms with Crippen LogP contribution in [-0.4, -0.2) is 68.6 Å². The second kappa shape index (κ2) is 8.99. The highest BCUT2D eigenvalue weighted by atomic mass is 32.1. The van der Waals surface area contributed by atoms with Crippen LogP contribution in [0.2, 0.25) is 0 Å². The van der Waals surface area contributed by atoms with Crippen LogP contribution in [0.4, 0.5) is 5.13 Å². The quantitative estimate of drug-likeness (QED) is 0.488. The molecule has 0 amide bonds. The molecule has 9 nitrogen and oxygen atoms in total. The van der Waals surface area contributed by atoms with Crippen molar-refractivity contribution >= 4 is 22.6 Å². The van der Waals surface area contributed by atoms with Crippen molar-refractivity contribution in [1.82, 2.24) is 34.8 Å². The van der Waals surface area contributed by atoms with E-state index >= 15 is 0 Å². The van der Waals surface area contributed by atoms with E-state index in [0.717, 1.165) is 60.9 Å². The van der Waals surface area contributed by atoms with E-state index in [0.29, 0.717) is 6.54 Å². The Hall–Kier alpha value is -3.01. The summed E-state index contributed by atoms with van der Waals surface area (Å²) in [6.45, 7) is 6.42. The standard InChI is InChI=1S/C19H25N9S/c1-3-16-24-19(29-26-16)28-9-7-27(8-10-28)18(20-2)21-12-14-5-4-6-15(11-14)17-22-13-23-25-17/h4-6,11,13H,3,7-10,12H2,1-2H3,(H,20,21)(H,22,23,25). The van der Waals surface area contributed by atoms with Crippen LogP contribution in [-0.2, 0) is 13.0 Å². The number of rotatable bonds is 5. The number of aromatic nitrogens is 5. The van der Waals surface area contributed by atoms with Gasteiger partial charge in [0, 0.05) is 63.3 Å². The molecule has 2 aromatic heterocycles. The van der Waals surface area contributed by atoms with Crippen molar-refractivity contribution in [3.63, 3.8) is 0 Å². The number of nitrogens with zero attached hydrogens (tertiary/aromatic N) is 7. The number of hydrogen-bond acceptors (Lipinski definition) is 7. The summed E-state index contributed by atoms with van der Waals surface area (Å²) in [6, 6.07) is 8.26. The molecule has 0 atom stereocenters. The molecule has 1 aliphatic rings. The van der Waals surface area contributed by atoms with Crippen molar-refractivity contribution in [3.05, 3.63) is 42.0 Å². The van der Waals surface area contributed by atoms with E-state index in [1.807, 2.05) is 19.2 Å². The lowest BCUT2D eigenvalue weighted by molar-refractivity contribution is 0.372. The maximum Gasteiger partial charge on any atom is 0.205 e. The number of piperazine rings is 1. The lowest BCUT2D eigenvalue weighted by Gasteiger charge is -2.36. The molecule has 3 heterocycles. The average molecular weight is 412 g/mol. The highest BCUT2D eigenvalue weighted by Gasteiger charge is 2.22. The molecule has 29 heavy (non-hydrogen) atoms. The Kier molecular flexibility index (Phi) is 5.99. The number of aliphatic imine (C=N–C) groups is 1. The molecular weight excluding hydrogens is 386 g/mol. The van der Waals surface area contributed by atoms with Crippen LogP contribution in [0.25, 0.3) is 11.4 Å². The van der Waals surface area contributed by atoms with Crippen LogP contribution < -0.4 is 10.2 Å². The molecule has 1 saturated heterocycles. The van der Waals surface area contributed by atoms with Crippen LogP contribution in [0.3, 0.4) is 0 Å². The largest absolute Gasteiger partial charge is 0.352 e. The number of H-pyrrole nitrogens is 1. The molecule has 1 aliphatic heterocycles. The zero-order chi connectivity index (χ0) is 20.1. The van der Waals surface area contributed by atoms with Gasteiger partial charge in [0.15, 0.2) is 11.8 Å². The van der Waals surface area contributed by atoms with Gasteiger partial charge in [-0.3, -0.25) is 10.1 Å². The van der Waals surface area contributed by atoms with Crippen molar-refractivity contribution < 1.29 is 0 Å². The molecule has 0 bridgehead atoms. The topological polar surface area (TPSA) is 98.2 Å². The normalized spacial score (nSPS) is 15.0. The number of anilines is 1. The molecule has 1 fully saturated rings. The number of nitrogens with one attached hydrogen (secondary N) is 2. The van der Waals surface area contributed by atoms with E-state index < -0.39 is 0 Å². The predicted octanol–water partition coefficient (Wildman–Crippen LogP) is 1.78. The van der Waals surface area contributed by atoms with Gasteiger partial charge in [-0.25, -0.2) is 9.97 Å². The van der Waals surface area contributed by atoms with Crippen molar-refractivity contribution in [2.45, 2.75) is 19.9 Å². The summed E-state index contributed by atoms with van der Waals surface area (Å²) in [6.07, 6.45) is 2.40. The fraction of sp³-hybridized carbons (Fsp3) is 0.421. The molecule has 2 N–H and O–H groups in total. The lowest BCUT2D eigenvalue weighted by atomic mass is 10.1. The number of hydrogen-bond donors (Lipinski definition) is 2. The Bertz CT molecular complexity index is 942. The number of aromatic amines is 1. The Morgan fingerprint density at radius 1 is 1.28 bits per heavy atom. The van der Waals surface area contributed by atoms with E-state index in [1.165, 1.54) is 23.4 Å². The van der Waals surface area contributed by atoms with E-state index in [1.54, 1.807) is 0 Å². The number of aryl methyl sites for hydroxylation is 1. The Morgan fingerprint density at radius 2 is 2.14 bits per heavy atom. The van der Waals surface area contributed by atoms with Gasteiger partial charge in [-0.05, 0) is 11.6 Å². The van der Waals surface area contributed by atoms with Crippen LogP contribution in [0.15, 0.2) is 35.6 Å². The first-order valence-electron chi connectivity index (χ1n) is 9.74. The van der Waals surface area contributed by atoms with Crippen LogP contribution in [0.5, 0.6) is 0 Å². The molecule has 0 saturated carbocycles. The third-order valence-corrected chi connectivity index (χ3v) is 5.72. The molecule has 4 rings (SSSR count). The predicted molar refractivity (Wildman–Crippen MR) is 115 cm³/mol. The van der Waals surface area contributed by atoms with Gasteiger partial charge in [0.2, 0.25) is 5.13 Å². The summed E-state index contributed by atoms with van der Waals surface area (Å²) in [5, 5.41) is 11.3. The monoisotopic (exact) mass is 411 g/mol. The SMILES string of the molecule is CCc1nsc(N2CCN(C(=NC)NCc3cccc(-c4ncn[nH]4)c3)CC2)n1. The Balaban J connectivity index is 1.33. The van der Waals surface area contributed by atoms with Crippen LogP contribution in [0, 0.1) is 0 Å². The molecule has 0 spiro atoms. The van der Waals surface area contributed by atoms with Gasteiger partial charge in [-0.15, -0.1) is 0 Å². The van der Waals surface area contributed by atoms with Crippen LogP contribution in [0.1, 0.15) is 18.3 Å². The van der Waals surface area contributed by atoms with Gasteiger partial charge in [-0.1, -0.05) is 25.1 Å². The van der Waals surface area contributed by atoms with Gasteiger partial charge >= 0.3 is 0 Å². The summed E-state index contributed by atoms with van der Waals surface area (Å²) in [4.78, 5) is 17.9. The molecule has 0 radical (unpaired) electrons. The molecule has 0 aliphatic carbocycles. The maximum absolute atomic E-state index is 4.60. The minimum atomic E-state index is 0.700. The Morgan fingerprint density at radius 3 is 2.83 bits per heavy atom. The van der Waals surface area contributed by atoms with Crippen LogP contribution >= 0.6 is 11.5 Å². The lowest BCUT2D eigenvalue weighted by Crippen LogP contribution is -2.52. The van der Waals surface area contributed by atoms with Crippen molar-refractivity contribution in [2.75, 3.05) is 38.1 Å². The zero-order valence-corrected chi connectivity index (χ0v) is 17.5. The van der Waals surface area contributed by atoms with Crippen molar-refractivity contribution in [3.8, 4) is 11.4 Å². The first kappa shape index (κ1) is 19.3. The molecule has 1 aromatic carbocycles. The first-order valence-corrected chi connectivity index (χ1v) is 10.5. The van der Waals surface area contributed by atoms with Gasteiger partial charge < -0.3 is 15.1 Å². The molecular formula is C19H25N9S. The summed E-state index contributed by atoms with van der Waals surface area (Å²) >= 11 is 1.49. The number of guanidine groups is 1. The van der Waals surface area contributed by atoms with Gasteiger partial charge in [0.1, 0.15) is 12.2 Å². The fourth-order valence-corrected chi connectivity index (χ4v) is 4.11. The van der Waals surface area contributed by atoms with Crippen molar-refractivity contribution in [2.24, 2.45) is 4.99 Å². The fourth-order valence-electron chi connectivity index (χ4n) is 3.31. The second-order valence-corrected chi connectivity index (χ2v) is 7.49. The maximum atomic E-state index is 4.60. The highest BCUT2D eigenvalue weighted by molar-refractivity contribution is 7.09. The van der Waals surface area contributed by atoms with Gasteiger partial charge in [-0.2, -0.15) is 9.47 Å². The summed E-state index contributed by atoms with van der Waals surface area (Å²) in [5.41, 5.74) is 2.19.